The normalized spacial score (nSPS) is 15.6. The van der Waals surface area contributed by atoms with Gasteiger partial charge in [0.25, 0.3) is 11.6 Å². The molecule has 22 heavy (non-hydrogen) atoms. The number of non-ortho nitro benzene ring substituents is 1. The van der Waals surface area contributed by atoms with E-state index in [1.165, 1.54) is 19.2 Å². The third-order valence-electron chi connectivity index (χ3n) is 3.85. The summed E-state index contributed by atoms with van der Waals surface area (Å²) in [7, 11) is 1.52. The lowest BCUT2D eigenvalue weighted by Gasteiger charge is -2.34. The van der Waals surface area contributed by atoms with E-state index in [4.69, 9.17) is 4.74 Å². The molecule has 0 aliphatic carbocycles. The van der Waals surface area contributed by atoms with Crippen LogP contribution < -0.4 is 10.2 Å². The monoisotopic (exact) mass is 307 g/mol. The van der Waals surface area contributed by atoms with Gasteiger partial charge in [-0.3, -0.25) is 14.9 Å². The summed E-state index contributed by atoms with van der Waals surface area (Å²) in [4.78, 5) is 24.5. The topological polar surface area (TPSA) is 84.7 Å². The Bertz CT molecular complexity index is 554. The number of nitrogens with one attached hydrogen (secondary N) is 1. The fourth-order valence-corrected chi connectivity index (χ4v) is 2.73. The van der Waals surface area contributed by atoms with E-state index < -0.39 is 4.92 Å². The maximum Gasteiger partial charge on any atom is 0.270 e. The second kappa shape index (κ2) is 7.22. The first-order valence-electron chi connectivity index (χ1n) is 7.43. The van der Waals surface area contributed by atoms with Crippen LogP contribution in [0.4, 0.5) is 11.4 Å². The lowest BCUT2D eigenvalue weighted by Crippen LogP contribution is -2.38. The smallest absolute Gasteiger partial charge is 0.270 e. The first-order chi connectivity index (χ1) is 10.6. The highest BCUT2D eigenvalue weighted by Gasteiger charge is 2.24. The van der Waals surface area contributed by atoms with Crippen LogP contribution >= 0.6 is 0 Å². The summed E-state index contributed by atoms with van der Waals surface area (Å²) < 4.78 is 5.62. The largest absolute Gasteiger partial charge is 0.378 e. The zero-order chi connectivity index (χ0) is 16.1. The van der Waals surface area contributed by atoms with Gasteiger partial charge < -0.3 is 15.0 Å². The van der Waals surface area contributed by atoms with Crippen LogP contribution in [0.25, 0.3) is 0 Å². The second-order valence-corrected chi connectivity index (χ2v) is 5.18. The van der Waals surface area contributed by atoms with Crippen molar-refractivity contribution in [1.29, 1.82) is 0 Å². The average molecular weight is 307 g/mol. The first kappa shape index (κ1) is 16.2. The van der Waals surface area contributed by atoms with Gasteiger partial charge in [0.2, 0.25) is 0 Å². The van der Waals surface area contributed by atoms with Crippen LogP contribution in [-0.4, -0.2) is 43.7 Å². The first-order valence-corrected chi connectivity index (χ1v) is 7.43. The summed E-state index contributed by atoms with van der Waals surface area (Å²) in [6, 6.07) is 4.43. The van der Waals surface area contributed by atoms with E-state index in [1.807, 2.05) is 6.92 Å². The van der Waals surface area contributed by atoms with E-state index in [9.17, 15) is 14.9 Å². The van der Waals surface area contributed by atoms with Crippen LogP contribution in [0.3, 0.4) is 0 Å². The molecular weight excluding hydrogens is 286 g/mol. The Morgan fingerprint density at radius 1 is 1.45 bits per heavy atom. The van der Waals surface area contributed by atoms with E-state index >= 15 is 0 Å². The quantitative estimate of drug-likeness (QED) is 0.664. The molecule has 0 saturated carbocycles. The molecule has 0 atom stereocenters. The number of anilines is 1. The number of carbonyl (C=O) groups excluding carboxylic acids is 1. The van der Waals surface area contributed by atoms with Crippen molar-refractivity contribution in [3.05, 3.63) is 33.9 Å². The molecule has 0 radical (unpaired) electrons. The number of carbonyl (C=O) groups is 1. The van der Waals surface area contributed by atoms with Crippen molar-refractivity contribution in [3.8, 4) is 0 Å². The van der Waals surface area contributed by atoms with Gasteiger partial charge in [-0.1, -0.05) is 0 Å². The zero-order valence-corrected chi connectivity index (χ0v) is 12.9. The SMILES string of the molecule is CCOC1CCN(c2ccc([N+](=O)[O-])cc2C(=O)NC)CC1. The van der Waals surface area contributed by atoms with Crippen molar-refractivity contribution in [3.63, 3.8) is 0 Å². The van der Waals surface area contributed by atoms with Crippen LogP contribution in [0.15, 0.2) is 18.2 Å². The standard InChI is InChI=1S/C15H21N3O4/c1-3-22-12-6-8-17(9-7-12)14-5-4-11(18(20)21)10-13(14)15(19)16-2/h4-5,10,12H,3,6-9H2,1-2H3,(H,16,19). The Hall–Kier alpha value is -2.15. The molecule has 0 aromatic heterocycles. The molecule has 1 aliphatic rings. The zero-order valence-electron chi connectivity index (χ0n) is 12.9. The number of nitro benzene ring substituents is 1. The maximum atomic E-state index is 12.0. The molecule has 1 aromatic carbocycles. The van der Waals surface area contributed by atoms with Gasteiger partial charge in [0.15, 0.2) is 0 Å². The summed E-state index contributed by atoms with van der Waals surface area (Å²) in [5.74, 6) is -0.314. The number of hydrogen-bond donors (Lipinski definition) is 1. The fraction of sp³-hybridized carbons (Fsp3) is 0.533. The van der Waals surface area contributed by atoms with E-state index in [-0.39, 0.29) is 17.7 Å². The fourth-order valence-electron chi connectivity index (χ4n) is 2.73. The van der Waals surface area contributed by atoms with Crippen LogP contribution in [0.1, 0.15) is 30.1 Å². The third-order valence-corrected chi connectivity index (χ3v) is 3.85. The van der Waals surface area contributed by atoms with Crippen molar-refractivity contribution in [2.45, 2.75) is 25.9 Å². The summed E-state index contributed by atoms with van der Waals surface area (Å²) in [6.45, 7) is 4.22. The highest BCUT2D eigenvalue weighted by Crippen LogP contribution is 2.28. The van der Waals surface area contributed by atoms with E-state index in [0.29, 0.717) is 12.2 Å². The molecule has 1 amide bonds. The van der Waals surface area contributed by atoms with Crippen molar-refractivity contribution in [1.82, 2.24) is 5.32 Å². The summed E-state index contributed by atoms with van der Waals surface area (Å²) in [6.07, 6.45) is 2.03. The minimum Gasteiger partial charge on any atom is -0.378 e. The molecule has 7 heteroatoms. The van der Waals surface area contributed by atoms with Gasteiger partial charge in [-0.15, -0.1) is 0 Å². The van der Waals surface area contributed by atoms with Gasteiger partial charge in [0.05, 0.1) is 22.3 Å². The molecule has 1 saturated heterocycles. The van der Waals surface area contributed by atoms with Crippen LogP contribution in [-0.2, 0) is 4.74 Å². The molecule has 1 N–H and O–H groups in total. The molecule has 120 valence electrons. The van der Waals surface area contributed by atoms with E-state index in [0.717, 1.165) is 31.6 Å². The Balaban J connectivity index is 2.23. The molecule has 0 bridgehead atoms. The predicted molar refractivity (Wildman–Crippen MR) is 83.3 cm³/mol. The summed E-state index contributed by atoms with van der Waals surface area (Å²) >= 11 is 0. The third kappa shape index (κ3) is 3.54. The lowest BCUT2D eigenvalue weighted by atomic mass is 10.0. The van der Waals surface area contributed by atoms with Crippen LogP contribution in [0.5, 0.6) is 0 Å². The van der Waals surface area contributed by atoms with Crippen molar-refractivity contribution < 1.29 is 14.5 Å². The predicted octanol–water partition coefficient (Wildman–Crippen LogP) is 1.96. The Morgan fingerprint density at radius 3 is 2.68 bits per heavy atom. The van der Waals surface area contributed by atoms with Gasteiger partial charge >= 0.3 is 0 Å². The Kier molecular flexibility index (Phi) is 5.32. The minimum atomic E-state index is -0.489. The molecular formula is C15H21N3O4. The average Bonchev–Trinajstić information content (AvgIpc) is 2.54. The summed E-state index contributed by atoms with van der Waals surface area (Å²) in [5, 5.41) is 13.5. The minimum absolute atomic E-state index is 0.0773. The molecule has 0 spiro atoms. The number of nitrogens with zero attached hydrogens (tertiary/aromatic N) is 2. The highest BCUT2D eigenvalue weighted by molar-refractivity contribution is 6.00. The number of ether oxygens (including phenoxy) is 1. The van der Waals surface area contributed by atoms with Gasteiger partial charge in [-0.2, -0.15) is 0 Å². The summed E-state index contributed by atoms with van der Waals surface area (Å²) in [5.41, 5.74) is 0.998. The molecule has 1 heterocycles. The number of rotatable bonds is 5. The van der Waals surface area contributed by atoms with Crippen molar-refractivity contribution in [2.24, 2.45) is 0 Å². The molecule has 1 fully saturated rings. The van der Waals surface area contributed by atoms with Crippen LogP contribution in [0, 0.1) is 10.1 Å². The molecule has 0 unspecified atom stereocenters. The van der Waals surface area contributed by atoms with Gasteiger partial charge in [0, 0.05) is 38.9 Å². The van der Waals surface area contributed by atoms with Gasteiger partial charge in [0.1, 0.15) is 0 Å². The number of benzene rings is 1. The Labute approximate surface area is 129 Å². The van der Waals surface area contributed by atoms with Crippen LogP contribution in [0.2, 0.25) is 0 Å². The number of piperidine rings is 1. The second-order valence-electron chi connectivity index (χ2n) is 5.18. The Morgan fingerprint density at radius 2 is 2.14 bits per heavy atom. The lowest BCUT2D eigenvalue weighted by molar-refractivity contribution is -0.384. The van der Waals surface area contributed by atoms with E-state index in [1.54, 1.807) is 6.07 Å². The highest BCUT2D eigenvalue weighted by atomic mass is 16.6. The molecule has 7 nitrogen and oxygen atoms in total. The van der Waals surface area contributed by atoms with Gasteiger partial charge in [-0.05, 0) is 25.8 Å². The van der Waals surface area contributed by atoms with Gasteiger partial charge in [-0.25, -0.2) is 0 Å². The molecule has 2 rings (SSSR count). The van der Waals surface area contributed by atoms with E-state index in [2.05, 4.69) is 10.2 Å². The maximum absolute atomic E-state index is 12.0. The van der Waals surface area contributed by atoms with Crippen molar-refractivity contribution in [2.75, 3.05) is 31.6 Å². The molecule has 1 aliphatic heterocycles. The number of hydrogen-bond acceptors (Lipinski definition) is 5. The molecule has 1 aromatic rings. The number of amides is 1. The van der Waals surface area contributed by atoms with Crippen molar-refractivity contribution >= 4 is 17.3 Å². The number of nitro groups is 1.